The monoisotopic (exact) mass is 283 g/mol. The van der Waals surface area contributed by atoms with Gasteiger partial charge in [0, 0.05) is 24.0 Å². The van der Waals surface area contributed by atoms with Crippen molar-refractivity contribution in [3.05, 3.63) is 28.0 Å². The van der Waals surface area contributed by atoms with Gasteiger partial charge in [0.25, 0.3) is 5.91 Å². The second-order valence-electron chi connectivity index (χ2n) is 4.22. The normalized spacial score (nSPS) is 23.2. The molecule has 102 valence electrons. The van der Waals surface area contributed by atoms with Crippen molar-refractivity contribution < 1.29 is 24.9 Å². The fourth-order valence-electron chi connectivity index (χ4n) is 1.80. The molecule has 6 nitrogen and oxygen atoms in total. The number of hydrogen-bond donors (Lipinski definition) is 3. The number of likely N-dealkylation sites (tertiary alicyclic amines) is 1. The summed E-state index contributed by atoms with van der Waals surface area (Å²) in [7, 11) is 0. The number of amides is 1. The minimum Gasteiger partial charge on any atom is -0.478 e. The quantitative estimate of drug-likeness (QED) is 0.680. The van der Waals surface area contributed by atoms with Gasteiger partial charge in [-0.3, -0.25) is 4.79 Å². The van der Waals surface area contributed by atoms with E-state index in [9.17, 15) is 19.8 Å². The Hall–Kier alpha value is -1.70. The van der Waals surface area contributed by atoms with Crippen molar-refractivity contribution in [1.29, 1.82) is 0 Å². The highest BCUT2D eigenvalue weighted by molar-refractivity contribution is 7.14. The van der Waals surface area contributed by atoms with E-state index in [1.165, 1.54) is 22.3 Å². The van der Waals surface area contributed by atoms with Crippen molar-refractivity contribution in [3.63, 3.8) is 0 Å². The first kappa shape index (κ1) is 13.7. The molecular formula is C12H13NO5S. The summed E-state index contributed by atoms with van der Waals surface area (Å²) in [5.41, 5.74) is 0. The van der Waals surface area contributed by atoms with Crippen LogP contribution in [0.5, 0.6) is 0 Å². The molecule has 7 heteroatoms. The summed E-state index contributed by atoms with van der Waals surface area (Å²) < 4.78 is 0. The summed E-state index contributed by atoms with van der Waals surface area (Å²) in [6, 6.07) is 3.26. The zero-order valence-electron chi connectivity index (χ0n) is 9.89. The molecule has 0 bridgehead atoms. The van der Waals surface area contributed by atoms with Crippen LogP contribution in [-0.4, -0.2) is 57.4 Å². The Labute approximate surface area is 113 Å². The SMILES string of the molecule is O=C(O)/C=C/c1ccc(C(=O)N2CC(O)C(O)C2)s1. The summed E-state index contributed by atoms with van der Waals surface area (Å²) in [4.78, 5) is 24.9. The molecule has 2 atom stereocenters. The maximum absolute atomic E-state index is 12.1. The number of rotatable bonds is 3. The summed E-state index contributed by atoms with van der Waals surface area (Å²) >= 11 is 1.17. The molecule has 1 aliphatic heterocycles. The van der Waals surface area contributed by atoms with Crippen LogP contribution >= 0.6 is 11.3 Å². The largest absolute Gasteiger partial charge is 0.478 e. The lowest BCUT2D eigenvalue weighted by molar-refractivity contribution is -0.131. The number of aliphatic carboxylic acids is 1. The predicted octanol–water partition coefficient (Wildman–Crippen LogP) is 0.0235. The number of carbonyl (C=O) groups is 2. The highest BCUT2D eigenvalue weighted by Gasteiger charge is 2.33. The van der Waals surface area contributed by atoms with Gasteiger partial charge in [0.2, 0.25) is 0 Å². The molecule has 1 saturated heterocycles. The van der Waals surface area contributed by atoms with E-state index in [4.69, 9.17) is 5.11 Å². The zero-order chi connectivity index (χ0) is 14.0. The van der Waals surface area contributed by atoms with Crippen LogP contribution in [0.25, 0.3) is 6.08 Å². The number of carboxylic acids is 1. The third-order valence-corrected chi connectivity index (χ3v) is 3.81. The molecule has 1 amide bonds. The first-order chi connectivity index (χ1) is 8.97. The number of β-amino-alcohol motifs (C(OH)–C–C–N with tert-alkyl or cyclic N) is 2. The Balaban J connectivity index is 2.06. The molecule has 1 aliphatic rings. The van der Waals surface area contributed by atoms with Gasteiger partial charge in [0.1, 0.15) is 0 Å². The number of aliphatic hydroxyl groups excluding tert-OH is 2. The van der Waals surface area contributed by atoms with Crippen molar-refractivity contribution in [2.75, 3.05) is 13.1 Å². The number of aliphatic hydroxyl groups is 2. The van der Waals surface area contributed by atoms with Gasteiger partial charge in [-0.15, -0.1) is 11.3 Å². The molecule has 0 radical (unpaired) electrons. The van der Waals surface area contributed by atoms with E-state index in [1.807, 2.05) is 0 Å². The first-order valence-corrected chi connectivity index (χ1v) is 6.45. The van der Waals surface area contributed by atoms with E-state index in [1.54, 1.807) is 12.1 Å². The van der Waals surface area contributed by atoms with Gasteiger partial charge in [-0.05, 0) is 18.2 Å². The lowest BCUT2D eigenvalue weighted by Gasteiger charge is -2.13. The third-order valence-electron chi connectivity index (χ3n) is 2.77. The second kappa shape index (κ2) is 5.52. The standard InChI is InChI=1S/C12H13NO5S/c14-8-5-13(6-9(8)15)12(18)10-3-1-7(19-10)2-4-11(16)17/h1-4,8-9,14-15H,5-6H2,(H,16,17)/b4-2+. The Morgan fingerprint density at radius 2 is 1.89 bits per heavy atom. The first-order valence-electron chi connectivity index (χ1n) is 5.63. The molecular weight excluding hydrogens is 270 g/mol. The summed E-state index contributed by atoms with van der Waals surface area (Å²) in [5.74, 6) is -1.32. The zero-order valence-corrected chi connectivity index (χ0v) is 10.7. The van der Waals surface area contributed by atoms with Crippen LogP contribution < -0.4 is 0 Å². The predicted molar refractivity (Wildman–Crippen MR) is 68.9 cm³/mol. The average molecular weight is 283 g/mol. The van der Waals surface area contributed by atoms with Crippen molar-refractivity contribution in [1.82, 2.24) is 4.90 Å². The maximum Gasteiger partial charge on any atom is 0.328 e. The Kier molecular flexibility index (Phi) is 3.98. The third kappa shape index (κ3) is 3.19. The van der Waals surface area contributed by atoms with E-state index in [-0.39, 0.29) is 19.0 Å². The van der Waals surface area contributed by atoms with Gasteiger partial charge in [0.15, 0.2) is 0 Å². The van der Waals surface area contributed by atoms with Crippen LogP contribution in [-0.2, 0) is 4.79 Å². The minimum absolute atomic E-state index is 0.109. The molecule has 0 spiro atoms. The molecule has 0 aromatic carbocycles. The molecule has 1 fully saturated rings. The van der Waals surface area contributed by atoms with E-state index >= 15 is 0 Å². The Morgan fingerprint density at radius 3 is 2.47 bits per heavy atom. The van der Waals surface area contributed by atoms with Crippen LogP contribution in [0.2, 0.25) is 0 Å². The molecule has 2 rings (SSSR count). The number of hydrogen-bond acceptors (Lipinski definition) is 5. The van der Waals surface area contributed by atoms with Crippen molar-refractivity contribution >= 4 is 29.3 Å². The van der Waals surface area contributed by atoms with Crippen LogP contribution in [0.3, 0.4) is 0 Å². The lowest BCUT2D eigenvalue weighted by atomic mass is 10.3. The molecule has 3 N–H and O–H groups in total. The smallest absolute Gasteiger partial charge is 0.328 e. The van der Waals surface area contributed by atoms with Crippen molar-refractivity contribution in [2.24, 2.45) is 0 Å². The molecule has 1 aromatic heterocycles. The maximum atomic E-state index is 12.1. The number of carbonyl (C=O) groups excluding carboxylic acids is 1. The fraction of sp³-hybridized carbons (Fsp3) is 0.333. The van der Waals surface area contributed by atoms with Crippen LogP contribution in [0, 0.1) is 0 Å². The topological polar surface area (TPSA) is 98.1 Å². The van der Waals surface area contributed by atoms with Gasteiger partial charge >= 0.3 is 5.97 Å². The molecule has 2 heterocycles. The van der Waals surface area contributed by atoms with Gasteiger partial charge < -0.3 is 20.2 Å². The number of nitrogens with zero attached hydrogens (tertiary/aromatic N) is 1. The molecule has 2 unspecified atom stereocenters. The van der Waals surface area contributed by atoms with Crippen LogP contribution in [0.1, 0.15) is 14.5 Å². The molecule has 0 aliphatic carbocycles. The van der Waals surface area contributed by atoms with Crippen molar-refractivity contribution in [2.45, 2.75) is 12.2 Å². The van der Waals surface area contributed by atoms with Gasteiger partial charge in [-0.1, -0.05) is 0 Å². The summed E-state index contributed by atoms with van der Waals surface area (Å²) in [5, 5.41) is 27.3. The highest BCUT2D eigenvalue weighted by Crippen LogP contribution is 2.22. The van der Waals surface area contributed by atoms with Crippen LogP contribution in [0.15, 0.2) is 18.2 Å². The summed E-state index contributed by atoms with van der Waals surface area (Å²) in [6.07, 6.45) is 0.603. The fourth-order valence-corrected chi connectivity index (χ4v) is 2.68. The minimum atomic E-state index is -1.05. The second-order valence-corrected chi connectivity index (χ2v) is 5.33. The van der Waals surface area contributed by atoms with Gasteiger partial charge in [0.05, 0.1) is 17.1 Å². The van der Waals surface area contributed by atoms with Crippen molar-refractivity contribution in [3.8, 4) is 0 Å². The number of carboxylic acid groups (broad SMARTS) is 1. The van der Waals surface area contributed by atoms with Gasteiger partial charge in [-0.25, -0.2) is 4.79 Å². The summed E-state index contributed by atoms with van der Waals surface area (Å²) in [6.45, 7) is 0.219. The number of thiophene rings is 1. The average Bonchev–Trinajstić information content (AvgIpc) is 2.94. The lowest BCUT2D eigenvalue weighted by Crippen LogP contribution is -2.29. The van der Waals surface area contributed by atoms with Gasteiger partial charge in [-0.2, -0.15) is 0 Å². The Bertz CT molecular complexity index is 514. The Morgan fingerprint density at radius 1 is 1.26 bits per heavy atom. The highest BCUT2D eigenvalue weighted by atomic mass is 32.1. The van der Waals surface area contributed by atoms with E-state index < -0.39 is 18.2 Å². The van der Waals surface area contributed by atoms with Crippen LogP contribution in [0.4, 0.5) is 0 Å². The molecule has 0 saturated carbocycles. The van der Waals surface area contributed by atoms with E-state index in [2.05, 4.69) is 0 Å². The van der Waals surface area contributed by atoms with E-state index in [0.717, 1.165) is 6.08 Å². The molecule has 19 heavy (non-hydrogen) atoms. The van der Waals surface area contributed by atoms with E-state index in [0.29, 0.717) is 9.75 Å². The molecule has 1 aromatic rings.